The first kappa shape index (κ1) is 26.6. The van der Waals surface area contributed by atoms with E-state index >= 15 is 0 Å². The van der Waals surface area contributed by atoms with E-state index < -0.39 is 10.0 Å². The highest BCUT2D eigenvalue weighted by Crippen LogP contribution is 2.43. The number of ether oxygens (including phenoxy) is 1. The van der Waals surface area contributed by atoms with Crippen molar-refractivity contribution in [1.29, 1.82) is 0 Å². The minimum Gasteiger partial charge on any atom is -0.370 e. The summed E-state index contributed by atoms with van der Waals surface area (Å²) in [6.07, 6.45) is 9.73. The molecule has 38 heavy (non-hydrogen) atoms. The minimum absolute atomic E-state index is 0.0490. The molecule has 2 aromatic heterocycles. The molecule has 0 radical (unpaired) electrons. The van der Waals surface area contributed by atoms with Crippen molar-refractivity contribution in [2.24, 2.45) is 11.3 Å². The van der Waals surface area contributed by atoms with Gasteiger partial charge in [0.25, 0.3) is 0 Å². The second-order valence-electron chi connectivity index (χ2n) is 11.1. The Kier molecular flexibility index (Phi) is 7.07. The highest BCUT2D eigenvalue weighted by atomic mass is 35.5. The highest BCUT2D eigenvalue weighted by molar-refractivity contribution is 7.89. The van der Waals surface area contributed by atoms with Crippen molar-refractivity contribution in [3.05, 3.63) is 46.0 Å². The van der Waals surface area contributed by atoms with Crippen molar-refractivity contribution < 1.29 is 13.2 Å². The quantitative estimate of drug-likeness (QED) is 0.509. The van der Waals surface area contributed by atoms with Gasteiger partial charge in [0, 0.05) is 73.6 Å². The molecule has 1 saturated carbocycles. The zero-order valence-electron chi connectivity index (χ0n) is 21.5. The van der Waals surface area contributed by atoms with E-state index in [4.69, 9.17) is 27.9 Å². The van der Waals surface area contributed by atoms with Gasteiger partial charge in [0.1, 0.15) is 0 Å². The summed E-state index contributed by atoms with van der Waals surface area (Å²) >= 11 is 12.7. The molecule has 0 bridgehead atoms. The van der Waals surface area contributed by atoms with E-state index in [0.717, 1.165) is 43.5 Å². The van der Waals surface area contributed by atoms with E-state index in [1.165, 1.54) is 0 Å². The van der Waals surface area contributed by atoms with Gasteiger partial charge in [0.05, 0.1) is 34.0 Å². The van der Waals surface area contributed by atoms with Crippen LogP contribution in [0.2, 0.25) is 10.0 Å². The van der Waals surface area contributed by atoms with E-state index in [9.17, 15) is 8.42 Å². The Morgan fingerprint density at radius 3 is 2.42 bits per heavy atom. The van der Waals surface area contributed by atoms with Crippen LogP contribution in [0, 0.1) is 11.3 Å². The van der Waals surface area contributed by atoms with E-state index in [1.54, 1.807) is 23.6 Å². The van der Waals surface area contributed by atoms with Crippen molar-refractivity contribution >= 4 is 39.2 Å². The molecule has 5 atom stereocenters. The number of hydrazine groups is 1. The van der Waals surface area contributed by atoms with Crippen LogP contribution in [-0.4, -0.2) is 71.8 Å². The number of rotatable bonds is 7. The van der Waals surface area contributed by atoms with Crippen molar-refractivity contribution in [2.45, 2.75) is 57.4 Å². The van der Waals surface area contributed by atoms with E-state index in [1.807, 2.05) is 19.3 Å². The summed E-state index contributed by atoms with van der Waals surface area (Å²) in [7, 11) is -3.10. The number of hydrogen-bond acceptors (Lipinski definition) is 9. The Morgan fingerprint density at radius 1 is 1.08 bits per heavy atom. The second kappa shape index (κ2) is 10.1. The van der Waals surface area contributed by atoms with Crippen LogP contribution in [0.3, 0.4) is 0 Å². The first-order valence-electron chi connectivity index (χ1n) is 13.2. The average molecular weight is 583 g/mol. The molecule has 4 fully saturated rings. The number of halogens is 2. The monoisotopic (exact) mass is 581 g/mol. The summed E-state index contributed by atoms with van der Waals surface area (Å²) in [6, 6.07) is 0.449. The largest absolute Gasteiger partial charge is 0.370 e. The standard InChI is InChI=1S/C25H33Cl2N7O3S/c1-3-38(35,36)34-13-25(14-34)11-33(12-25)24-29-7-16(8-30-24)23-18-6-17(4-5-21(18)31-32-23)37-15(2)22-19(26)9-28-10-20(22)27/h7-10,15,17-18,21,23,31-32H,3-6,11-14H2,1-2H3/t15-,17?,18?,21?,23?/m1/s1. The Balaban J connectivity index is 1.06. The van der Waals surface area contributed by atoms with Gasteiger partial charge in [-0.15, -0.1) is 0 Å². The number of anilines is 1. The van der Waals surface area contributed by atoms with Crippen LogP contribution in [0.1, 0.15) is 56.4 Å². The van der Waals surface area contributed by atoms with E-state index in [-0.39, 0.29) is 29.4 Å². The van der Waals surface area contributed by atoms with Gasteiger partial charge in [0.15, 0.2) is 0 Å². The molecular formula is C25H33Cl2N7O3S. The van der Waals surface area contributed by atoms with Gasteiger partial charge in [-0.25, -0.2) is 28.1 Å². The smallest absolute Gasteiger partial charge is 0.225 e. The molecule has 0 amide bonds. The lowest BCUT2D eigenvalue weighted by Gasteiger charge is -2.59. The predicted octanol–water partition coefficient (Wildman–Crippen LogP) is 3.11. The van der Waals surface area contributed by atoms with Gasteiger partial charge < -0.3 is 9.64 Å². The molecule has 2 aromatic rings. The van der Waals surface area contributed by atoms with Gasteiger partial charge in [0.2, 0.25) is 16.0 Å². The molecular weight excluding hydrogens is 549 g/mol. The number of hydrogen-bond donors (Lipinski definition) is 2. The van der Waals surface area contributed by atoms with Crippen LogP contribution in [0.15, 0.2) is 24.8 Å². The fourth-order valence-electron chi connectivity index (χ4n) is 6.48. The summed E-state index contributed by atoms with van der Waals surface area (Å²) in [5.74, 6) is 1.19. The number of pyridine rings is 1. The fourth-order valence-corrected chi connectivity index (χ4v) is 8.46. The molecule has 6 rings (SSSR count). The molecule has 2 N–H and O–H groups in total. The van der Waals surface area contributed by atoms with Crippen LogP contribution in [0.4, 0.5) is 5.95 Å². The molecule has 206 valence electrons. The minimum atomic E-state index is -3.10. The van der Waals surface area contributed by atoms with Crippen molar-refractivity contribution in [1.82, 2.24) is 30.1 Å². The van der Waals surface area contributed by atoms with Crippen molar-refractivity contribution in [3.63, 3.8) is 0 Å². The van der Waals surface area contributed by atoms with Crippen LogP contribution in [0.5, 0.6) is 0 Å². The summed E-state index contributed by atoms with van der Waals surface area (Å²) in [4.78, 5) is 15.5. The summed E-state index contributed by atoms with van der Waals surface area (Å²) in [5, 5.41) is 1.04. The van der Waals surface area contributed by atoms with Gasteiger partial charge in [-0.2, -0.15) is 0 Å². The summed E-state index contributed by atoms with van der Waals surface area (Å²) < 4.78 is 32.1. The third-order valence-corrected chi connectivity index (χ3v) is 10.9. The Bertz CT molecular complexity index is 1260. The first-order chi connectivity index (χ1) is 18.2. The number of aromatic nitrogens is 3. The number of nitrogens with zero attached hydrogens (tertiary/aromatic N) is 5. The predicted molar refractivity (Wildman–Crippen MR) is 145 cm³/mol. The van der Waals surface area contributed by atoms with Crippen LogP contribution in [-0.2, 0) is 14.8 Å². The zero-order chi connectivity index (χ0) is 26.7. The number of fused-ring (bicyclic) bond motifs is 1. The Hall–Kier alpha value is -1.60. The average Bonchev–Trinajstić information content (AvgIpc) is 3.26. The zero-order valence-corrected chi connectivity index (χ0v) is 23.8. The van der Waals surface area contributed by atoms with Gasteiger partial charge in [-0.3, -0.25) is 10.4 Å². The summed E-state index contributed by atoms with van der Waals surface area (Å²) in [5.41, 5.74) is 8.79. The number of nitrogens with one attached hydrogen (secondary N) is 2. The third-order valence-electron chi connectivity index (χ3n) is 8.53. The lowest BCUT2D eigenvalue weighted by atomic mass is 9.74. The van der Waals surface area contributed by atoms with Gasteiger partial charge in [-0.1, -0.05) is 23.2 Å². The molecule has 4 aliphatic rings. The highest BCUT2D eigenvalue weighted by Gasteiger charge is 2.55. The lowest BCUT2D eigenvalue weighted by Crippen LogP contribution is -2.73. The maximum Gasteiger partial charge on any atom is 0.225 e. The maximum absolute atomic E-state index is 12.0. The van der Waals surface area contributed by atoms with Crippen molar-refractivity contribution in [3.8, 4) is 0 Å². The SMILES string of the molecule is CCS(=O)(=O)N1CC2(CN(c3ncc(C4NNC5CCC(O[C@H](C)c6c(Cl)cncc6Cl)CC54)cn3)C2)C1. The molecule has 0 aromatic carbocycles. The fraction of sp³-hybridized carbons (Fsp3) is 0.640. The van der Waals surface area contributed by atoms with Gasteiger partial charge >= 0.3 is 0 Å². The lowest BCUT2D eigenvalue weighted by molar-refractivity contribution is -0.0370. The maximum atomic E-state index is 12.0. The summed E-state index contributed by atoms with van der Waals surface area (Å²) in [6.45, 7) is 6.45. The van der Waals surface area contributed by atoms with Crippen molar-refractivity contribution in [2.75, 3.05) is 36.8 Å². The van der Waals surface area contributed by atoms with Crippen LogP contribution < -0.4 is 15.8 Å². The Labute approximate surface area is 233 Å². The number of sulfonamides is 1. The third kappa shape index (κ3) is 4.80. The molecule has 1 aliphatic carbocycles. The topological polar surface area (TPSA) is 113 Å². The van der Waals surface area contributed by atoms with Gasteiger partial charge in [-0.05, 0) is 39.0 Å². The molecule has 3 aliphatic heterocycles. The van der Waals surface area contributed by atoms with Crippen LogP contribution in [0.25, 0.3) is 0 Å². The Morgan fingerprint density at radius 2 is 1.76 bits per heavy atom. The molecule has 4 unspecified atom stereocenters. The first-order valence-corrected chi connectivity index (χ1v) is 15.5. The molecule has 3 saturated heterocycles. The van der Waals surface area contributed by atoms with E-state index in [2.05, 4.69) is 30.7 Å². The van der Waals surface area contributed by atoms with E-state index in [0.29, 0.717) is 41.0 Å². The van der Waals surface area contributed by atoms with Crippen LogP contribution >= 0.6 is 23.2 Å². The normalized spacial score (nSPS) is 29.5. The molecule has 5 heterocycles. The molecule has 10 nitrogen and oxygen atoms in total. The second-order valence-corrected chi connectivity index (χ2v) is 14.2. The molecule has 13 heteroatoms. The molecule has 1 spiro atoms.